The summed E-state index contributed by atoms with van der Waals surface area (Å²) in [6.45, 7) is 6.32. The molecule has 3 rings (SSSR count). The minimum Gasteiger partial charge on any atom is -0.496 e. The average molecular weight is 504 g/mol. The van der Waals surface area contributed by atoms with Crippen LogP contribution in [0.1, 0.15) is 35.6 Å². The number of hydrogen-bond donors (Lipinski definition) is 3. The number of nitrogens with one attached hydrogen (secondary N) is 1. The summed E-state index contributed by atoms with van der Waals surface area (Å²) in [5, 5.41) is 2.68. The molecule has 0 aromatic heterocycles. The van der Waals surface area contributed by atoms with Gasteiger partial charge in [0, 0.05) is 12.0 Å². The lowest BCUT2D eigenvalue weighted by Gasteiger charge is -2.19. The molecular weight excluding hydrogens is 466 g/mol. The lowest BCUT2D eigenvalue weighted by Crippen LogP contribution is -2.51. The summed E-state index contributed by atoms with van der Waals surface area (Å²) in [6.07, 6.45) is 1.50. The van der Waals surface area contributed by atoms with Crippen molar-refractivity contribution in [2.75, 3.05) is 13.7 Å². The van der Waals surface area contributed by atoms with E-state index in [2.05, 4.69) is 24.4 Å². The Hall–Kier alpha value is -3.84. The van der Waals surface area contributed by atoms with Gasteiger partial charge in [0.2, 0.25) is 11.8 Å². The molecule has 3 aromatic rings. The van der Waals surface area contributed by atoms with Crippen LogP contribution in [0.2, 0.25) is 0 Å². The van der Waals surface area contributed by atoms with Gasteiger partial charge in [0.25, 0.3) is 0 Å². The highest BCUT2D eigenvalue weighted by Gasteiger charge is 2.22. The number of hydrogen-bond acceptors (Lipinski definition) is 5. The molecule has 196 valence electrons. The molecule has 7 nitrogen and oxygen atoms in total. The standard InChI is InChI=1S/C30H37N3O4/c1-5-21-11-14-24(28(18-21)36-4)23-12-9-22(10-13-23)17-25(31)30(35)33-26(29(32)34)15-16-37-27-8-6-7-19(2)20(27)3/h6-14,18,25-26H,5,15-17,31H2,1-4H3,(H2,32,34)(H,33,35)/t25-,26-/m0/s1. The van der Waals surface area contributed by atoms with E-state index in [0.29, 0.717) is 6.42 Å². The molecule has 0 heterocycles. The number of carbonyl (C=O) groups excluding carboxylic acids is 2. The Kier molecular flexibility index (Phi) is 9.69. The number of nitrogens with two attached hydrogens (primary N) is 2. The maximum absolute atomic E-state index is 12.7. The topological polar surface area (TPSA) is 117 Å². The predicted molar refractivity (Wildman–Crippen MR) is 147 cm³/mol. The summed E-state index contributed by atoms with van der Waals surface area (Å²) >= 11 is 0. The molecule has 0 unspecified atom stereocenters. The Morgan fingerprint density at radius 1 is 0.973 bits per heavy atom. The fraction of sp³-hybridized carbons (Fsp3) is 0.333. The summed E-state index contributed by atoms with van der Waals surface area (Å²) in [5.41, 5.74) is 18.0. The van der Waals surface area contributed by atoms with Gasteiger partial charge in [0.05, 0.1) is 19.8 Å². The van der Waals surface area contributed by atoms with Crippen molar-refractivity contribution in [1.29, 1.82) is 0 Å². The maximum atomic E-state index is 12.7. The van der Waals surface area contributed by atoms with E-state index in [1.54, 1.807) is 7.11 Å². The zero-order valence-electron chi connectivity index (χ0n) is 22.0. The van der Waals surface area contributed by atoms with Crippen LogP contribution in [0.3, 0.4) is 0 Å². The van der Waals surface area contributed by atoms with Crippen LogP contribution in [0, 0.1) is 13.8 Å². The van der Waals surface area contributed by atoms with Crippen molar-refractivity contribution in [3.8, 4) is 22.6 Å². The monoisotopic (exact) mass is 503 g/mol. The van der Waals surface area contributed by atoms with Gasteiger partial charge in [-0.2, -0.15) is 0 Å². The fourth-order valence-corrected chi connectivity index (χ4v) is 4.09. The van der Waals surface area contributed by atoms with E-state index in [0.717, 1.165) is 45.7 Å². The molecule has 0 saturated carbocycles. The van der Waals surface area contributed by atoms with Crippen molar-refractivity contribution in [3.05, 3.63) is 82.9 Å². The van der Waals surface area contributed by atoms with E-state index >= 15 is 0 Å². The minimum absolute atomic E-state index is 0.234. The Morgan fingerprint density at radius 3 is 2.32 bits per heavy atom. The third kappa shape index (κ3) is 7.33. The zero-order chi connectivity index (χ0) is 26.9. The molecule has 3 aromatic carbocycles. The largest absolute Gasteiger partial charge is 0.496 e. The van der Waals surface area contributed by atoms with Gasteiger partial charge in [-0.3, -0.25) is 9.59 Å². The SMILES string of the molecule is CCc1ccc(-c2ccc(C[C@H](N)C(=O)N[C@@H](CCOc3cccc(C)c3C)C(N)=O)cc2)c(OC)c1. The number of primary amides is 1. The van der Waals surface area contributed by atoms with E-state index in [1.165, 1.54) is 5.56 Å². The lowest BCUT2D eigenvalue weighted by atomic mass is 9.98. The number of carbonyl (C=O) groups is 2. The van der Waals surface area contributed by atoms with Gasteiger partial charge >= 0.3 is 0 Å². The molecule has 0 spiro atoms. The first-order chi connectivity index (χ1) is 17.7. The van der Waals surface area contributed by atoms with Crippen molar-refractivity contribution >= 4 is 11.8 Å². The fourth-order valence-electron chi connectivity index (χ4n) is 4.09. The molecule has 0 aliphatic heterocycles. The average Bonchev–Trinajstić information content (AvgIpc) is 2.90. The number of amides is 2. The van der Waals surface area contributed by atoms with Crippen LogP contribution < -0.4 is 26.3 Å². The highest BCUT2D eigenvalue weighted by molar-refractivity contribution is 5.89. The van der Waals surface area contributed by atoms with Crippen LogP contribution in [0.25, 0.3) is 11.1 Å². The smallest absolute Gasteiger partial charge is 0.240 e. The Balaban J connectivity index is 1.57. The van der Waals surface area contributed by atoms with Crippen molar-refractivity contribution in [1.82, 2.24) is 5.32 Å². The second kappa shape index (κ2) is 12.9. The zero-order valence-corrected chi connectivity index (χ0v) is 22.0. The first-order valence-corrected chi connectivity index (χ1v) is 12.5. The lowest BCUT2D eigenvalue weighted by molar-refractivity contribution is -0.128. The molecule has 5 N–H and O–H groups in total. The molecule has 2 atom stereocenters. The van der Waals surface area contributed by atoms with Crippen LogP contribution in [0.5, 0.6) is 11.5 Å². The van der Waals surface area contributed by atoms with Gasteiger partial charge in [0.1, 0.15) is 17.5 Å². The molecule has 0 saturated heterocycles. The van der Waals surface area contributed by atoms with Crippen LogP contribution in [0.15, 0.2) is 60.7 Å². The Morgan fingerprint density at radius 2 is 1.68 bits per heavy atom. The van der Waals surface area contributed by atoms with E-state index in [9.17, 15) is 9.59 Å². The van der Waals surface area contributed by atoms with Crippen LogP contribution in [-0.2, 0) is 22.4 Å². The molecule has 0 fully saturated rings. The van der Waals surface area contributed by atoms with Crippen molar-refractivity contribution < 1.29 is 19.1 Å². The highest BCUT2D eigenvalue weighted by Crippen LogP contribution is 2.31. The first-order valence-electron chi connectivity index (χ1n) is 12.5. The predicted octanol–water partition coefficient (Wildman–Crippen LogP) is 3.85. The number of methoxy groups -OCH3 is 1. The summed E-state index contributed by atoms with van der Waals surface area (Å²) in [4.78, 5) is 24.7. The third-order valence-corrected chi connectivity index (χ3v) is 6.61. The quantitative estimate of drug-likeness (QED) is 0.347. The van der Waals surface area contributed by atoms with Gasteiger partial charge in [-0.25, -0.2) is 0 Å². The molecule has 2 amide bonds. The molecule has 0 radical (unpaired) electrons. The number of ether oxygens (including phenoxy) is 2. The number of rotatable bonds is 12. The van der Waals surface area contributed by atoms with E-state index < -0.39 is 23.9 Å². The van der Waals surface area contributed by atoms with Crippen molar-refractivity contribution in [2.45, 2.75) is 52.1 Å². The van der Waals surface area contributed by atoms with Crippen molar-refractivity contribution in [3.63, 3.8) is 0 Å². The Labute approximate surface area is 219 Å². The normalized spacial score (nSPS) is 12.5. The van der Waals surface area contributed by atoms with E-state index in [-0.39, 0.29) is 13.0 Å². The minimum atomic E-state index is -0.871. The van der Waals surface area contributed by atoms with Gasteiger partial charge in [0.15, 0.2) is 0 Å². The molecule has 37 heavy (non-hydrogen) atoms. The van der Waals surface area contributed by atoms with Gasteiger partial charge in [-0.1, -0.05) is 55.5 Å². The maximum Gasteiger partial charge on any atom is 0.240 e. The summed E-state index contributed by atoms with van der Waals surface area (Å²) in [5.74, 6) is 0.504. The third-order valence-electron chi connectivity index (χ3n) is 6.61. The second-order valence-electron chi connectivity index (χ2n) is 9.19. The van der Waals surface area contributed by atoms with Gasteiger partial charge < -0.3 is 26.3 Å². The molecule has 0 aliphatic carbocycles. The summed E-state index contributed by atoms with van der Waals surface area (Å²) in [6, 6.07) is 18.1. The number of benzene rings is 3. The van der Waals surface area contributed by atoms with Crippen LogP contribution >= 0.6 is 0 Å². The number of aryl methyl sites for hydroxylation is 2. The molecule has 0 bridgehead atoms. The van der Waals surface area contributed by atoms with Crippen LogP contribution in [0.4, 0.5) is 0 Å². The van der Waals surface area contributed by atoms with E-state index in [4.69, 9.17) is 20.9 Å². The highest BCUT2D eigenvalue weighted by atomic mass is 16.5. The Bertz CT molecular complexity index is 1220. The van der Waals surface area contributed by atoms with Gasteiger partial charge in [-0.05, 0) is 66.6 Å². The molecular formula is C30H37N3O4. The van der Waals surface area contributed by atoms with Crippen molar-refractivity contribution in [2.24, 2.45) is 11.5 Å². The summed E-state index contributed by atoms with van der Waals surface area (Å²) < 4.78 is 11.4. The second-order valence-corrected chi connectivity index (χ2v) is 9.19. The molecule has 0 aliphatic rings. The summed E-state index contributed by atoms with van der Waals surface area (Å²) in [7, 11) is 1.67. The molecule has 7 heteroatoms. The van der Waals surface area contributed by atoms with E-state index in [1.807, 2.05) is 62.4 Å². The van der Waals surface area contributed by atoms with Gasteiger partial charge in [-0.15, -0.1) is 0 Å². The van der Waals surface area contributed by atoms with Crippen LogP contribution in [-0.4, -0.2) is 37.6 Å². The first kappa shape index (κ1) is 27.7.